The van der Waals surface area contributed by atoms with E-state index in [9.17, 15) is 0 Å². The van der Waals surface area contributed by atoms with Crippen LogP contribution in [0.1, 0.15) is 11.1 Å². The van der Waals surface area contributed by atoms with Crippen molar-refractivity contribution in [2.75, 3.05) is 0 Å². The molecular formula is C18H16O2. The first-order valence-corrected chi connectivity index (χ1v) is 6.66. The van der Waals surface area contributed by atoms with Gasteiger partial charge in [-0.15, -0.1) is 0 Å². The Kier molecular flexibility index (Phi) is 3.66. The van der Waals surface area contributed by atoms with Crippen LogP contribution in [0, 0.1) is 0 Å². The van der Waals surface area contributed by atoms with Crippen molar-refractivity contribution in [3.63, 3.8) is 0 Å². The highest BCUT2D eigenvalue weighted by Gasteiger charge is 2.02. The van der Waals surface area contributed by atoms with Crippen molar-refractivity contribution in [3.8, 4) is 5.75 Å². The molecule has 2 heteroatoms. The lowest BCUT2D eigenvalue weighted by Crippen LogP contribution is -1.97. The van der Waals surface area contributed by atoms with Crippen LogP contribution in [0.2, 0.25) is 0 Å². The summed E-state index contributed by atoms with van der Waals surface area (Å²) in [5.74, 6) is 0.782. The van der Waals surface area contributed by atoms with Gasteiger partial charge in [0.15, 0.2) is 0 Å². The molecule has 0 amide bonds. The van der Waals surface area contributed by atoms with Gasteiger partial charge in [-0.2, -0.15) is 0 Å². The van der Waals surface area contributed by atoms with Crippen LogP contribution >= 0.6 is 0 Å². The summed E-state index contributed by atoms with van der Waals surface area (Å²) in [7, 11) is 0. The zero-order chi connectivity index (χ0) is 13.8. The van der Waals surface area contributed by atoms with E-state index in [2.05, 4.69) is 24.3 Å². The minimum absolute atomic E-state index is 0.0332. The van der Waals surface area contributed by atoms with Gasteiger partial charge in [0.2, 0.25) is 0 Å². The van der Waals surface area contributed by atoms with E-state index in [0.29, 0.717) is 6.61 Å². The Morgan fingerprint density at radius 2 is 1.65 bits per heavy atom. The number of aliphatic hydroxyl groups excluding tert-OH is 1. The van der Waals surface area contributed by atoms with Gasteiger partial charge in [-0.05, 0) is 34.0 Å². The van der Waals surface area contributed by atoms with Crippen LogP contribution < -0.4 is 4.74 Å². The monoisotopic (exact) mass is 264 g/mol. The summed E-state index contributed by atoms with van der Waals surface area (Å²) in [6.45, 7) is 0.557. The summed E-state index contributed by atoms with van der Waals surface area (Å²) in [4.78, 5) is 0. The summed E-state index contributed by atoms with van der Waals surface area (Å²) in [5.41, 5.74) is 2.03. The molecular weight excluding hydrogens is 248 g/mol. The molecule has 3 aromatic carbocycles. The second-order valence-electron chi connectivity index (χ2n) is 4.73. The highest BCUT2D eigenvalue weighted by atomic mass is 16.5. The molecule has 3 rings (SSSR count). The fourth-order valence-corrected chi connectivity index (χ4v) is 2.31. The Balaban J connectivity index is 1.83. The SMILES string of the molecule is OCc1cccc(OCc2cccc3ccccc23)c1. The number of ether oxygens (including phenoxy) is 1. The number of rotatable bonds is 4. The fourth-order valence-electron chi connectivity index (χ4n) is 2.31. The van der Waals surface area contributed by atoms with Crippen LogP contribution in [0.15, 0.2) is 66.7 Å². The van der Waals surface area contributed by atoms with Gasteiger partial charge in [0.05, 0.1) is 6.61 Å². The highest BCUT2D eigenvalue weighted by molar-refractivity contribution is 5.85. The minimum atomic E-state index is 0.0332. The van der Waals surface area contributed by atoms with Gasteiger partial charge in [0.1, 0.15) is 12.4 Å². The second kappa shape index (κ2) is 5.76. The van der Waals surface area contributed by atoms with Crippen LogP contribution in [0.3, 0.4) is 0 Å². The molecule has 0 unspecified atom stereocenters. The summed E-state index contributed by atoms with van der Waals surface area (Å²) >= 11 is 0. The predicted octanol–water partition coefficient (Wildman–Crippen LogP) is 3.91. The summed E-state index contributed by atoms with van der Waals surface area (Å²) in [5, 5.41) is 11.6. The first-order valence-electron chi connectivity index (χ1n) is 6.66. The smallest absolute Gasteiger partial charge is 0.120 e. The van der Waals surface area contributed by atoms with E-state index in [4.69, 9.17) is 9.84 Å². The molecule has 1 N–H and O–H groups in total. The van der Waals surface area contributed by atoms with Gasteiger partial charge < -0.3 is 9.84 Å². The number of aliphatic hydroxyl groups is 1. The highest BCUT2D eigenvalue weighted by Crippen LogP contribution is 2.21. The van der Waals surface area contributed by atoms with Crippen molar-refractivity contribution in [1.29, 1.82) is 0 Å². The molecule has 0 saturated carbocycles. The van der Waals surface area contributed by atoms with E-state index < -0.39 is 0 Å². The molecule has 3 aromatic rings. The van der Waals surface area contributed by atoms with Gasteiger partial charge >= 0.3 is 0 Å². The van der Waals surface area contributed by atoms with Crippen LogP contribution in [0.25, 0.3) is 10.8 Å². The van der Waals surface area contributed by atoms with Crippen molar-refractivity contribution in [3.05, 3.63) is 77.9 Å². The minimum Gasteiger partial charge on any atom is -0.489 e. The van der Waals surface area contributed by atoms with Gasteiger partial charge in [0, 0.05) is 0 Å². The zero-order valence-corrected chi connectivity index (χ0v) is 11.1. The molecule has 0 heterocycles. The van der Waals surface area contributed by atoms with E-state index in [-0.39, 0.29) is 6.61 Å². The maximum absolute atomic E-state index is 9.13. The maximum atomic E-state index is 9.13. The lowest BCUT2D eigenvalue weighted by Gasteiger charge is -2.09. The molecule has 0 atom stereocenters. The van der Waals surface area contributed by atoms with Crippen molar-refractivity contribution < 1.29 is 9.84 Å². The van der Waals surface area contributed by atoms with E-state index in [1.165, 1.54) is 10.8 Å². The van der Waals surface area contributed by atoms with Gasteiger partial charge in [-0.3, -0.25) is 0 Å². The summed E-state index contributed by atoms with van der Waals surface area (Å²) in [6.07, 6.45) is 0. The Morgan fingerprint density at radius 1 is 0.850 bits per heavy atom. The van der Waals surface area contributed by atoms with E-state index in [0.717, 1.165) is 16.9 Å². The fraction of sp³-hybridized carbons (Fsp3) is 0.111. The molecule has 0 aliphatic carbocycles. The number of fused-ring (bicyclic) bond motifs is 1. The third kappa shape index (κ3) is 2.65. The van der Waals surface area contributed by atoms with Crippen molar-refractivity contribution >= 4 is 10.8 Å². The topological polar surface area (TPSA) is 29.5 Å². The van der Waals surface area contributed by atoms with Crippen molar-refractivity contribution in [2.45, 2.75) is 13.2 Å². The van der Waals surface area contributed by atoms with Crippen LogP contribution in [0.5, 0.6) is 5.75 Å². The molecule has 100 valence electrons. The lowest BCUT2D eigenvalue weighted by atomic mass is 10.1. The Labute approximate surface area is 118 Å². The molecule has 0 aromatic heterocycles. The number of hydrogen-bond donors (Lipinski definition) is 1. The molecule has 0 aliphatic heterocycles. The molecule has 0 radical (unpaired) electrons. The Bertz CT molecular complexity index is 714. The predicted molar refractivity (Wildman–Crippen MR) is 80.6 cm³/mol. The third-order valence-corrected chi connectivity index (χ3v) is 3.36. The average Bonchev–Trinajstić information content (AvgIpc) is 2.53. The van der Waals surface area contributed by atoms with E-state index >= 15 is 0 Å². The molecule has 20 heavy (non-hydrogen) atoms. The summed E-state index contributed by atoms with van der Waals surface area (Å²) < 4.78 is 5.83. The molecule has 0 aliphatic rings. The standard InChI is InChI=1S/C18H16O2/c19-12-14-5-3-9-17(11-14)20-13-16-8-4-7-15-6-1-2-10-18(15)16/h1-11,19H,12-13H2. The average molecular weight is 264 g/mol. The van der Waals surface area contributed by atoms with Crippen LogP contribution in [0.4, 0.5) is 0 Å². The molecule has 0 saturated heterocycles. The zero-order valence-electron chi connectivity index (χ0n) is 11.1. The van der Waals surface area contributed by atoms with Crippen LogP contribution in [-0.4, -0.2) is 5.11 Å². The second-order valence-corrected chi connectivity index (χ2v) is 4.73. The van der Waals surface area contributed by atoms with Gasteiger partial charge in [0.25, 0.3) is 0 Å². The summed E-state index contributed by atoms with van der Waals surface area (Å²) in [6, 6.07) is 22.1. The van der Waals surface area contributed by atoms with E-state index in [1.807, 2.05) is 42.5 Å². The van der Waals surface area contributed by atoms with Gasteiger partial charge in [-0.25, -0.2) is 0 Å². The number of hydrogen-bond acceptors (Lipinski definition) is 2. The molecule has 2 nitrogen and oxygen atoms in total. The number of benzene rings is 3. The van der Waals surface area contributed by atoms with Crippen LogP contribution in [-0.2, 0) is 13.2 Å². The Hall–Kier alpha value is -2.32. The first-order chi connectivity index (χ1) is 9.86. The lowest BCUT2D eigenvalue weighted by molar-refractivity contribution is 0.278. The molecule has 0 spiro atoms. The normalized spacial score (nSPS) is 10.7. The third-order valence-electron chi connectivity index (χ3n) is 3.36. The maximum Gasteiger partial charge on any atom is 0.120 e. The first kappa shape index (κ1) is 12.7. The molecule has 0 bridgehead atoms. The van der Waals surface area contributed by atoms with E-state index in [1.54, 1.807) is 0 Å². The Morgan fingerprint density at radius 3 is 2.55 bits per heavy atom. The van der Waals surface area contributed by atoms with Gasteiger partial charge in [-0.1, -0.05) is 54.6 Å². The quantitative estimate of drug-likeness (QED) is 0.774. The largest absolute Gasteiger partial charge is 0.489 e. The van der Waals surface area contributed by atoms with Crippen molar-refractivity contribution in [2.24, 2.45) is 0 Å². The molecule has 0 fully saturated rings. The van der Waals surface area contributed by atoms with Crippen molar-refractivity contribution in [1.82, 2.24) is 0 Å².